The van der Waals surface area contributed by atoms with E-state index in [9.17, 15) is 9.59 Å². The number of carboxylic acids is 1. The van der Waals surface area contributed by atoms with E-state index in [1.807, 2.05) is 30.3 Å². The molecule has 0 heterocycles. The van der Waals surface area contributed by atoms with Crippen LogP contribution in [0.2, 0.25) is 0 Å². The van der Waals surface area contributed by atoms with Gasteiger partial charge >= 0.3 is 12.1 Å². The predicted octanol–water partition coefficient (Wildman–Crippen LogP) is 3.73. The maximum Gasteiger partial charge on any atom is 0.407 e. The lowest BCUT2D eigenvalue weighted by Gasteiger charge is -2.28. The highest BCUT2D eigenvalue weighted by Gasteiger charge is 2.26. The Bertz CT molecular complexity index is 503. The third kappa shape index (κ3) is 6.30. The molecule has 0 aliphatic heterocycles. The standard InChI is InChI=1S/C18H25NO4/c20-17(21)12-15-10-6-1-2-7-11-16(15)19-18(22)23-13-14-8-4-3-5-9-14/h3-5,8-9,15-16H,1-2,6-7,10-13H2,(H,19,22)(H,20,21)/t15-,16-/m1/s1. The molecule has 0 aromatic heterocycles. The molecule has 23 heavy (non-hydrogen) atoms. The van der Waals surface area contributed by atoms with Gasteiger partial charge in [0.15, 0.2) is 0 Å². The van der Waals surface area contributed by atoms with Crippen LogP contribution < -0.4 is 5.32 Å². The lowest BCUT2D eigenvalue weighted by Crippen LogP contribution is -2.41. The van der Waals surface area contributed by atoms with E-state index in [0.717, 1.165) is 44.1 Å². The van der Waals surface area contributed by atoms with Crippen molar-refractivity contribution in [3.8, 4) is 0 Å². The second-order valence-corrected chi connectivity index (χ2v) is 6.16. The van der Waals surface area contributed by atoms with Crippen LogP contribution in [0.5, 0.6) is 0 Å². The number of carbonyl (C=O) groups excluding carboxylic acids is 1. The lowest BCUT2D eigenvalue weighted by molar-refractivity contribution is -0.138. The Morgan fingerprint density at radius 2 is 1.78 bits per heavy atom. The minimum atomic E-state index is -0.806. The summed E-state index contributed by atoms with van der Waals surface area (Å²) in [5.74, 6) is -0.822. The molecule has 126 valence electrons. The van der Waals surface area contributed by atoms with Crippen LogP contribution in [0.15, 0.2) is 30.3 Å². The average Bonchev–Trinajstić information content (AvgIpc) is 2.52. The molecule has 1 amide bonds. The monoisotopic (exact) mass is 319 g/mol. The maximum atomic E-state index is 12.0. The van der Waals surface area contributed by atoms with Crippen molar-refractivity contribution in [2.75, 3.05) is 0 Å². The van der Waals surface area contributed by atoms with E-state index in [-0.39, 0.29) is 25.0 Å². The minimum absolute atomic E-state index is 0.0166. The first-order valence-electron chi connectivity index (χ1n) is 8.34. The van der Waals surface area contributed by atoms with Gasteiger partial charge in [-0.15, -0.1) is 0 Å². The van der Waals surface area contributed by atoms with E-state index in [0.29, 0.717) is 0 Å². The van der Waals surface area contributed by atoms with Crippen LogP contribution in [-0.4, -0.2) is 23.2 Å². The maximum absolute atomic E-state index is 12.0. The molecule has 2 N–H and O–H groups in total. The van der Waals surface area contributed by atoms with Crippen molar-refractivity contribution >= 4 is 12.1 Å². The number of aliphatic carboxylic acids is 1. The molecular formula is C18H25NO4. The normalized spacial score (nSPS) is 21.7. The van der Waals surface area contributed by atoms with Crippen molar-refractivity contribution in [3.63, 3.8) is 0 Å². The zero-order chi connectivity index (χ0) is 16.5. The van der Waals surface area contributed by atoms with Crippen molar-refractivity contribution < 1.29 is 19.4 Å². The molecular weight excluding hydrogens is 294 g/mol. The smallest absolute Gasteiger partial charge is 0.407 e. The van der Waals surface area contributed by atoms with Crippen molar-refractivity contribution in [2.45, 2.75) is 57.6 Å². The molecule has 1 fully saturated rings. The van der Waals surface area contributed by atoms with Crippen molar-refractivity contribution in [1.82, 2.24) is 5.32 Å². The molecule has 5 nitrogen and oxygen atoms in total. The van der Waals surface area contributed by atoms with Crippen LogP contribution in [0, 0.1) is 5.92 Å². The Kier molecular flexibility index (Phi) is 6.91. The Balaban J connectivity index is 1.87. The number of benzene rings is 1. The third-order valence-corrected chi connectivity index (χ3v) is 4.36. The molecule has 0 radical (unpaired) electrons. The van der Waals surface area contributed by atoms with Gasteiger partial charge in [-0.2, -0.15) is 0 Å². The molecule has 1 aliphatic carbocycles. The lowest BCUT2D eigenvalue weighted by atomic mass is 9.85. The average molecular weight is 319 g/mol. The summed E-state index contributed by atoms with van der Waals surface area (Å²) < 4.78 is 5.26. The molecule has 1 saturated carbocycles. The fourth-order valence-corrected chi connectivity index (χ4v) is 3.14. The number of nitrogens with one attached hydrogen (secondary N) is 1. The Morgan fingerprint density at radius 3 is 2.48 bits per heavy atom. The van der Waals surface area contributed by atoms with Gasteiger partial charge in [0.25, 0.3) is 0 Å². The second kappa shape index (κ2) is 9.18. The number of hydrogen-bond acceptors (Lipinski definition) is 3. The van der Waals surface area contributed by atoms with E-state index in [1.165, 1.54) is 0 Å². The van der Waals surface area contributed by atoms with Gasteiger partial charge in [-0.1, -0.05) is 56.0 Å². The van der Waals surface area contributed by atoms with Crippen molar-refractivity contribution in [2.24, 2.45) is 5.92 Å². The molecule has 0 bridgehead atoms. The molecule has 5 heteroatoms. The van der Waals surface area contributed by atoms with E-state index < -0.39 is 12.1 Å². The van der Waals surface area contributed by atoms with E-state index in [2.05, 4.69) is 5.32 Å². The van der Waals surface area contributed by atoms with Gasteiger partial charge in [0, 0.05) is 6.04 Å². The molecule has 2 atom stereocenters. The summed E-state index contributed by atoms with van der Waals surface area (Å²) in [5.41, 5.74) is 0.933. The number of alkyl carbamates (subject to hydrolysis) is 1. The first-order valence-corrected chi connectivity index (χ1v) is 8.34. The van der Waals surface area contributed by atoms with E-state index >= 15 is 0 Å². The molecule has 0 saturated heterocycles. The minimum Gasteiger partial charge on any atom is -0.481 e. The van der Waals surface area contributed by atoms with Crippen molar-refractivity contribution in [3.05, 3.63) is 35.9 Å². The summed E-state index contributed by atoms with van der Waals surface area (Å²) in [5, 5.41) is 12.0. The van der Waals surface area contributed by atoms with E-state index in [1.54, 1.807) is 0 Å². The van der Waals surface area contributed by atoms with Crippen LogP contribution in [0.25, 0.3) is 0 Å². The van der Waals surface area contributed by atoms with Crippen LogP contribution in [-0.2, 0) is 16.1 Å². The summed E-state index contributed by atoms with van der Waals surface area (Å²) >= 11 is 0. The van der Waals surface area contributed by atoms with Crippen molar-refractivity contribution in [1.29, 1.82) is 0 Å². The number of hydrogen-bond donors (Lipinski definition) is 2. The van der Waals surface area contributed by atoms with Gasteiger partial charge in [0.2, 0.25) is 0 Å². The number of carboxylic acid groups (broad SMARTS) is 1. The van der Waals surface area contributed by atoms with Gasteiger partial charge in [-0.05, 0) is 24.3 Å². The Morgan fingerprint density at radius 1 is 1.09 bits per heavy atom. The summed E-state index contributed by atoms with van der Waals surface area (Å²) in [4.78, 5) is 23.1. The highest BCUT2D eigenvalue weighted by Crippen LogP contribution is 2.25. The Hall–Kier alpha value is -2.04. The highest BCUT2D eigenvalue weighted by molar-refractivity contribution is 5.69. The number of carbonyl (C=O) groups is 2. The van der Waals surface area contributed by atoms with E-state index in [4.69, 9.17) is 9.84 Å². The zero-order valence-electron chi connectivity index (χ0n) is 13.4. The topological polar surface area (TPSA) is 75.6 Å². The molecule has 1 aliphatic rings. The molecule has 1 aromatic rings. The third-order valence-electron chi connectivity index (χ3n) is 4.36. The van der Waals surface area contributed by atoms with Gasteiger partial charge in [0.05, 0.1) is 6.42 Å². The first-order chi connectivity index (χ1) is 11.1. The van der Waals surface area contributed by atoms with Gasteiger partial charge < -0.3 is 15.2 Å². The fraction of sp³-hybridized carbons (Fsp3) is 0.556. The predicted molar refractivity (Wildman–Crippen MR) is 87.0 cm³/mol. The highest BCUT2D eigenvalue weighted by atomic mass is 16.5. The summed E-state index contributed by atoms with van der Waals surface area (Å²) in [6.45, 7) is 0.225. The van der Waals surface area contributed by atoms with Crippen LogP contribution in [0.3, 0.4) is 0 Å². The molecule has 1 aromatic carbocycles. The largest absolute Gasteiger partial charge is 0.481 e. The van der Waals surface area contributed by atoms with Gasteiger partial charge in [-0.25, -0.2) is 4.79 Å². The number of rotatable bonds is 5. The summed E-state index contributed by atoms with van der Waals surface area (Å²) in [6, 6.07) is 9.39. The fourth-order valence-electron chi connectivity index (χ4n) is 3.14. The molecule has 0 spiro atoms. The molecule has 2 rings (SSSR count). The zero-order valence-corrected chi connectivity index (χ0v) is 13.4. The first kappa shape index (κ1) is 17.3. The quantitative estimate of drug-likeness (QED) is 0.867. The number of ether oxygens (including phenoxy) is 1. The van der Waals surface area contributed by atoms with Crippen LogP contribution >= 0.6 is 0 Å². The number of amides is 1. The summed E-state index contributed by atoms with van der Waals surface area (Å²) in [6.07, 6.45) is 5.61. The molecule has 0 unspecified atom stereocenters. The van der Waals surface area contributed by atoms with Gasteiger partial charge in [-0.3, -0.25) is 4.79 Å². The Labute approximate surface area is 137 Å². The SMILES string of the molecule is O=C(O)C[C@H]1CCCCCC[C@H]1NC(=O)OCc1ccccc1. The van der Waals surface area contributed by atoms with Gasteiger partial charge in [0.1, 0.15) is 6.61 Å². The van der Waals surface area contributed by atoms with Crippen LogP contribution in [0.4, 0.5) is 4.79 Å². The summed E-state index contributed by atoms with van der Waals surface area (Å²) in [7, 11) is 0. The van der Waals surface area contributed by atoms with Crippen LogP contribution in [0.1, 0.15) is 50.5 Å². The second-order valence-electron chi connectivity index (χ2n) is 6.16.